The molecule has 0 aliphatic heterocycles. The van der Waals surface area contributed by atoms with E-state index in [4.69, 9.17) is 5.26 Å². The zero-order chi connectivity index (χ0) is 14.5. The van der Waals surface area contributed by atoms with Crippen molar-refractivity contribution in [3.63, 3.8) is 0 Å². The summed E-state index contributed by atoms with van der Waals surface area (Å²) in [7, 11) is 0. The van der Waals surface area contributed by atoms with Gasteiger partial charge in [-0.1, -0.05) is 24.3 Å². The van der Waals surface area contributed by atoms with E-state index in [1.807, 2.05) is 24.4 Å². The van der Waals surface area contributed by atoms with Gasteiger partial charge in [0.15, 0.2) is 0 Å². The second-order valence-electron chi connectivity index (χ2n) is 4.76. The second kappa shape index (κ2) is 6.12. The maximum Gasteiger partial charge on any atom is 0.140 e. The van der Waals surface area contributed by atoms with E-state index in [-0.39, 0.29) is 0 Å². The quantitative estimate of drug-likeness (QED) is 0.794. The summed E-state index contributed by atoms with van der Waals surface area (Å²) in [5.41, 5.74) is 3.69. The van der Waals surface area contributed by atoms with Crippen molar-refractivity contribution in [1.82, 2.24) is 15.3 Å². The van der Waals surface area contributed by atoms with Crippen molar-refractivity contribution in [3.8, 4) is 6.07 Å². The van der Waals surface area contributed by atoms with Gasteiger partial charge in [-0.05, 0) is 29.3 Å². The van der Waals surface area contributed by atoms with Crippen molar-refractivity contribution in [2.45, 2.75) is 13.1 Å². The van der Waals surface area contributed by atoms with Gasteiger partial charge in [0.1, 0.15) is 11.8 Å². The number of nitriles is 1. The largest absolute Gasteiger partial charge is 0.309 e. The standard InChI is InChI=1S/C17H14N4/c18-10-16-9-13(6-8-20-16)11-19-12-15-4-1-3-14-5-2-7-21-17(14)15/h1-9,19H,11-12H2. The molecule has 0 saturated carbocycles. The first-order chi connectivity index (χ1) is 10.4. The number of benzene rings is 1. The highest BCUT2D eigenvalue weighted by atomic mass is 14.9. The summed E-state index contributed by atoms with van der Waals surface area (Å²) >= 11 is 0. The van der Waals surface area contributed by atoms with Crippen LogP contribution in [0.5, 0.6) is 0 Å². The van der Waals surface area contributed by atoms with E-state index < -0.39 is 0 Å². The van der Waals surface area contributed by atoms with Crippen LogP contribution < -0.4 is 5.32 Å². The molecule has 0 aliphatic rings. The number of fused-ring (bicyclic) bond motifs is 1. The first kappa shape index (κ1) is 13.2. The average Bonchev–Trinajstić information content (AvgIpc) is 2.55. The molecule has 0 saturated heterocycles. The van der Waals surface area contributed by atoms with Gasteiger partial charge in [0.25, 0.3) is 0 Å². The summed E-state index contributed by atoms with van der Waals surface area (Å²) in [4.78, 5) is 8.41. The molecule has 0 aliphatic carbocycles. The fourth-order valence-electron chi connectivity index (χ4n) is 2.30. The van der Waals surface area contributed by atoms with Crippen molar-refractivity contribution < 1.29 is 0 Å². The Bertz CT molecular complexity index is 800. The lowest BCUT2D eigenvalue weighted by atomic mass is 10.1. The predicted molar refractivity (Wildman–Crippen MR) is 81.2 cm³/mol. The molecule has 0 spiro atoms. The lowest BCUT2D eigenvalue weighted by Crippen LogP contribution is -2.13. The van der Waals surface area contributed by atoms with E-state index in [1.54, 1.807) is 12.3 Å². The normalized spacial score (nSPS) is 10.4. The van der Waals surface area contributed by atoms with Crippen LogP contribution in [-0.2, 0) is 13.1 Å². The van der Waals surface area contributed by atoms with Gasteiger partial charge >= 0.3 is 0 Å². The smallest absolute Gasteiger partial charge is 0.140 e. The van der Waals surface area contributed by atoms with Crippen LogP contribution >= 0.6 is 0 Å². The Balaban J connectivity index is 1.71. The maximum atomic E-state index is 8.84. The van der Waals surface area contributed by atoms with Gasteiger partial charge in [-0.2, -0.15) is 5.26 Å². The van der Waals surface area contributed by atoms with Crippen LogP contribution in [0.4, 0.5) is 0 Å². The first-order valence-corrected chi connectivity index (χ1v) is 6.75. The number of aromatic nitrogens is 2. The molecule has 0 amide bonds. The van der Waals surface area contributed by atoms with Crippen molar-refractivity contribution in [2.75, 3.05) is 0 Å². The van der Waals surface area contributed by atoms with Gasteiger partial charge in [-0.3, -0.25) is 4.98 Å². The number of pyridine rings is 2. The highest BCUT2D eigenvalue weighted by Gasteiger charge is 2.02. The highest BCUT2D eigenvalue weighted by molar-refractivity contribution is 5.81. The van der Waals surface area contributed by atoms with E-state index in [0.717, 1.165) is 23.0 Å². The topological polar surface area (TPSA) is 61.6 Å². The molecule has 0 unspecified atom stereocenters. The van der Waals surface area contributed by atoms with Crippen LogP contribution in [0.2, 0.25) is 0 Å². The number of hydrogen-bond donors (Lipinski definition) is 1. The molecule has 4 nitrogen and oxygen atoms in total. The highest BCUT2D eigenvalue weighted by Crippen LogP contribution is 2.15. The number of para-hydroxylation sites is 1. The van der Waals surface area contributed by atoms with E-state index in [0.29, 0.717) is 12.2 Å². The lowest BCUT2D eigenvalue weighted by Gasteiger charge is -2.07. The molecule has 0 radical (unpaired) electrons. The van der Waals surface area contributed by atoms with Crippen LogP contribution in [0.25, 0.3) is 10.9 Å². The molecule has 102 valence electrons. The Labute approximate surface area is 123 Å². The maximum absolute atomic E-state index is 8.84. The minimum absolute atomic E-state index is 0.445. The summed E-state index contributed by atoms with van der Waals surface area (Å²) in [5, 5.41) is 13.4. The van der Waals surface area contributed by atoms with Crippen molar-refractivity contribution in [1.29, 1.82) is 5.26 Å². The fourth-order valence-corrected chi connectivity index (χ4v) is 2.30. The molecule has 1 aromatic carbocycles. The third-order valence-electron chi connectivity index (χ3n) is 3.30. The number of hydrogen-bond acceptors (Lipinski definition) is 4. The van der Waals surface area contributed by atoms with Crippen LogP contribution in [0.15, 0.2) is 54.9 Å². The summed E-state index contributed by atoms with van der Waals surface area (Å²) in [6.45, 7) is 1.43. The molecule has 2 aromatic heterocycles. The van der Waals surface area contributed by atoms with Gasteiger partial charge in [0.2, 0.25) is 0 Å². The monoisotopic (exact) mass is 274 g/mol. The molecule has 21 heavy (non-hydrogen) atoms. The molecule has 0 bridgehead atoms. The average molecular weight is 274 g/mol. The van der Waals surface area contributed by atoms with Crippen LogP contribution in [0, 0.1) is 11.3 Å². The lowest BCUT2D eigenvalue weighted by molar-refractivity contribution is 0.695. The molecule has 4 heteroatoms. The molecule has 2 heterocycles. The molecular formula is C17H14N4. The van der Waals surface area contributed by atoms with Crippen LogP contribution in [0.3, 0.4) is 0 Å². The summed E-state index contributed by atoms with van der Waals surface area (Å²) in [6.07, 6.45) is 3.48. The van der Waals surface area contributed by atoms with Crippen LogP contribution in [0.1, 0.15) is 16.8 Å². The minimum atomic E-state index is 0.445. The van der Waals surface area contributed by atoms with Crippen molar-refractivity contribution in [2.24, 2.45) is 0 Å². The van der Waals surface area contributed by atoms with E-state index >= 15 is 0 Å². The molecule has 0 atom stereocenters. The number of nitrogens with zero attached hydrogens (tertiary/aromatic N) is 3. The summed E-state index contributed by atoms with van der Waals surface area (Å²) in [6, 6.07) is 16.0. The van der Waals surface area contributed by atoms with Gasteiger partial charge in [-0.25, -0.2) is 4.98 Å². The first-order valence-electron chi connectivity index (χ1n) is 6.75. The third kappa shape index (κ3) is 3.04. The zero-order valence-corrected chi connectivity index (χ0v) is 11.5. The van der Waals surface area contributed by atoms with Crippen molar-refractivity contribution >= 4 is 10.9 Å². The van der Waals surface area contributed by atoms with Crippen LogP contribution in [-0.4, -0.2) is 9.97 Å². The van der Waals surface area contributed by atoms with Gasteiger partial charge in [0, 0.05) is 30.9 Å². The third-order valence-corrected chi connectivity index (χ3v) is 3.30. The van der Waals surface area contributed by atoms with Crippen molar-refractivity contribution in [3.05, 3.63) is 71.7 Å². The Kier molecular flexibility index (Phi) is 3.85. The molecule has 1 N–H and O–H groups in total. The van der Waals surface area contributed by atoms with E-state index in [2.05, 4.69) is 39.6 Å². The van der Waals surface area contributed by atoms with E-state index in [9.17, 15) is 0 Å². The van der Waals surface area contributed by atoms with Gasteiger partial charge in [0.05, 0.1) is 5.52 Å². The minimum Gasteiger partial charge on any atom is -0.309 e. The van der Waals surface area contributed by atoms with Gasteiger partial charge < -0.3 is 5.32 Å². The summed E-state index contributed by atoms with van der Waals surface area (Å²) < 4.78 is 0. The fraction of sp³-hybridized carbons (Fsp3) is 0.118. The number of rotatable bonds is 4. The Morgan fingerprint density at radius 2 is 1.90 bits per heavy atom. The Hall–Kier alpha value is -2.77. The Morgan fingerprint density at radius 3 is 2.81 bits per heavy atom. The molecular weight excluding hydrogens is 260 g/mol. The molecule has 3 rings (SSSR count). The molecule has 3 aromatic rings. The second-order valence-corrected chi connectivity index (χ2v) is 4.76. The number of nitrogens with one attached hydrogen (secondary N) is 1. The zero-order valence-electron chi connectivity index (χ0n) is 11.5. The molecule has 0 fully saturated rings. The van der Waals surface area contributed by atoms with E-state index in [1.165, 1.54) is 5.56 Å². The summed E-state index contributed by atoms with van der Waals surface area (Å²) in [5.74, 6) is 0. The predicted octanol–water partition coefficient (Wildman–Crippen LogP) is 2.79. The van der Waals surface area contributed by atoms with Gasteiger partial charge in [-0.15, -0.1) is 0 Å². The Morgan fingerprint density at radius 1 is 1.00 bits per heavy atom. The SMILES string of the molecule is N#Cc1cc(CNCc2cccc3cccnc23)ccn1.